The zero-order valence-electron chi connectivity index (χ0n) is 8.35. The van der Waals surface area contributed by atoms with E-state index in [2.05, 4.69) is 0 Å². The Morgan fingerprint density at radius 3 is 2.50 bits per heavy atom. The van der Waals surface area contributed by atoms with Crippen molar-refractivity contribution in [2.45, 2.75) is 37.8 Å². The van der Waals surface area contributed by atoms with E-state index in [1.807, 2.05) is 0 Å². The highest BCUT2D eigenvalue weighted by atomic mass is 16.3. The number of hydrogen-bond acceptors (Lipinski definition) is 3. The van der Waals surface area contributed by atoms with Gasteiger partial charge >= 0.3 is 0 Å². The van der Waals surface area contributed by atoms with Gasteiger partial charge in [-0.3, -0.25) is 4.79 Å². The standard InChI is InChI=1S/C10H18N2O2/c11-9(7-3-1-4-8(7)13)10(14)12-5-2-6-12/h7-9,13H,1-6,11H2/t7-,8-,9-/m1/s1. The van der Waals surface area contributed by atoms with Gasteiger partial charge in [0.15, 0.2) is 0 Å². The molecule has 0 aromatic rings. The number of hydrogen-bond donors (Lipinski definition) is 2. The monoisotopic (exact) mass is 198 g/mol. The number of likely N-dealkylation sites (tertiary alicyclic amines) is 1. The van der Waals surface area contributed by atoms with E-state index < -0.39 is 6.04 Å². The van der Waals surface area contributed by atoms with Crippen molar-refractivity contribution in [2.75, 3.05) is 13.1 Å². The molecule has 3 atom stereocenters. The van der Waals surface area contributed by atoms with E-state index in [9.17, 15) is 9.90 Å². The molecule has 0 radical (unpaired) electrons. The number of carbonyl (C=O) groups excluding carboxylic acids is 1. The lowest BCUT2D eigenvalue weighted by Gasteiger charge is -2.35. The highest BCUT2D eigenvalue weighted by Gasteiger charge is 2.37. The first-order chi connectivity index (χ1) is 6.70. The molecule has 14 heavy (non-hydrogen) atoms. The van der Waals surface area contributed by atoms with Crippen LogP contribution >= 0.6 is 0 Å². The Morgan fingerprint density at radius 1 is 1.36 bits per heavy atom. The molecule has 0 aromatic heterocycles. The average molecular weight is 198 g/mol. The molecule has 1 aliphatic heterocycles. The first-order valence-corrected chi connectivity index (χ1v) is 5.42. The highest BCUT2D eigenvalue weighted by molar-refractivity contribution is 5.82. The van der Waals surface area contributed by atoms with Crippen molar-refractivity contribution in [3.8, 4) is 0 Å². The van der Waals surface area contributed by atoms with Crippen molar-refractivity contribution in [3.05, 3.63) is 0 Å². The topological polar surface area (TPSA) is 66.6 Å². The molecule has 1 heterocycles. The van der Waals surface area contributed by atoms with Crippen LogP contribution in [0.3, 0.4) is 0 Å². The van der Waals surface area contributed by atoms with E-state index >= 15 is 0 Å². The summed E-state index contributed by atoms with van der Waals surface area (Å²) in [5.74, 6) is 0.0188. The van der Waals surface area contributed by atoms with Crippen LogP contribution in [0, 0.1) is 5.92 Å². The van der Waals surface area contributed by atoms with Crippen LogP contribution in [0.15, 0.2) is 0 Å². The van der Waals surface area contributed by atoms with Gasteiger partial charge < -0.3 is 15.7 Å². The fourth-order valence-electron chi connectivity index (χ4n) is 2.32. The Kier molecular flexibility index (Phi) is 2.74. The minimum absolute atomic E-state index is 0.0110. The first kappa shape index (κ1) is 9.93. The molecule has 2 aliphatic rings. The van der Waals surface area contributed by atoms with Gasteiger partial charge in [-0.1, -0.05) is 6.42 Å². The highest BCUT2D eigenvalue weighted by Crippen LogP contribution is 2.28. The van der Waals surface area contributed by atoms with Crippen LogP contribution in [0.2, 0.25) is 0 Å². The van der Waals surface area contributed by atoms with Crippen molar-refractivity contribution in [1.29, 1.82) is 0 Å². The summed E-state index contributed by atoms with van der Waals surface area (Å²) >= 11 is 0. The van der Waals surface area contributed by atoms with Gasteiger partial charge in [0.25, 0.3) is 0 Å². The summed E-state index contributed by atoms with van der Waals surface area (Å²) in [6.45, 7) is 1.69. The minimum Gasteiger partial charge on any atom is -0.393 e. The van der Waals surface area contributed by atoms with Gasteiger partial charge in [0, 0.05) is 19.0 Å². The van der Waals surface area contributed by atoms with Crippen LogP contribution in [-0.4, -0.2) is 41.1 Å². The summed E-state index contributed by atoms with van der Waals surface area (Å²) in [6, 6.07) is -0.479. The molecule has 2 fully saturated rings. The molecule has 0 aromatic carbocycles. The van der Waals surface area contributed by atoms with E-state index in [0.29, 0.717) is 0 Å². The smallest absolute Gasteiger partial charge is 0.239 e. The number of aliphatic hydroxyl groups excluding tert-OH is 1. The molecule has 3 N–H and O–H groups in total. The Hall–Kier alpha value is -0.610. The van der Waals surface area contributed by atoms with Crippen LogP contribution in [0.5, 0.6) is 0 Å². The Bertz CT molecular complexity index is 228. The van der Waals surface area contributed by atoms with Gasteiger partial charge in [0.2, 0.25) is 5.91 Å². The van der Waals surface area contributed by atoms with Crippen molar-refractivity contribution in [3.63, 3.8) is 0 Å². The quantitative estimate of drug-likeness (QED) is 0.640. The number of rotatable bonds is 2. The predicted octanol–water partition coefficient (Wildman–Crippen LogP) is -0.293. The summed E-state index contributed by atoms with van der Waals surface area (Å²) in [7, 11) is 0. The van der Waals surface area contributed by atoms with Gasteiger partial charge in [-0.2, -0.15) is 0 Å². The molecule has 0 bridgehead atoms. The molecule has 4 heteroatoms. The number of amides is 1. The third kappa shape index (κ3) is 1.64. The lowest BCUT2D eigenvalue weighted by Crippen LogP contribution is -2.53. The maximum absolute atomic E-state index is 11.7. The third-order valence-electron chi connectivity index (χ3n) is 3.45. The summed E-state index contributed by atoms with van der Waals surface area (Å²) in [6.07, 6.45) is 3.40. The van der Waals surface area contributed by atoms with Crippen LogP contribution < -0.4 is 5.73 Å². The van der Waals surface area contributed by atoms with E-state index in [0.717, 1.165) is 38.8 Å². The third-order valence-corrected chi connectivity index (χ3v) is 3.45. The number of aliphatic hydroxyl groups is 1. The first-order valence-electron chi connectivity index (χ1n) is 5.42. The molecule has 2 rings (SSSR count). The fourth-order valence-corrected chi connectivity index (χ4v) is 2.32. The summed E-state index contributed by atoms with van der Waals surface area (Å²) in [4.78, 5) is 13.5. The molecule has 1 saturated carbocycles. The number of nitrogens with two attached hydrogens (primary N) is 1. The van der Waals surface area contributed by atoms with Crippen LogP contribution in [0.1, 0.15) is 25.7 Å². The largest absolute Gasteiger partial charge is 0.393 e. The SMILES string of the molecule is N[C@@H](C(=O)N1CCC1)[C@@H]1CCC[C@H]1O. The second-order valence-corrected chi connectivity index (χ2v) is 4.37. The normalized spacial score (nSPS) is 34.0. The summed E-state index contributed by atoms with van der Waals surface area (Å²) < 4.78 is 0. The fraction of sp³-hybridized carbons (Fsp3) is 0.900. The van der Waals surface area contributed by atoms with Crippen molar-refractivity contribution in [2.24, 2.45) is 11.7 Å². The Labute approximate surface area is 84.1 Å². The molecule has 1 amide bonds. The molecule has 1 saturated heterocycles. The lowest BCUT2D eigenvalue weighted by molar-refractivity contribution is -0.138. The van der Waals surface area contributed by atoms with Gasteiger partial charge in [0.05, 0.1) is 12.1 Å². The van der Waals surface area contributed by atoms with Gasteiger partial charge in [-0.25, -0.2) is 0 Å². The molecular weight excluding hydrogens is 180 g/mol. The molecule has 0 spiro atoms. The maximum Gasteiger partial charge on any atom is 0.239 e. The predicted molar refractivity (Wildman–Crippen MR) is 52.5 cm³/mol. The van der Waals surface area contributed by atoms with Crippen LogP contribution in [-0.2, 0) is 4.79 Å². The zero-order valence-corrected chi connectivity index (χ0v) is 8.35. The zero-order chi connectivity index (χ0) is 10.1. The van der Waals surface area contributed by atoms with Crippen LogP contribution in [0.4, 0.5) is 0 Å². The van der Waals surface area contributed by atoms with Crippen LogP contribution in [0.25, 0.3) is 0 Å². The minimum atomic E-state index is -0.479. The van der Waals surface area contributed by atoms with Crippen molar-refractivity contribution >= 4 is 5.91 Å². The Morgan fingerprint density at radius 2 is 2.07 bits per heavy atom. The van der Waals surface area contributed by atoms with Crippen molar-refractivity contribution in [1.82, 2.24) is 4.90 Å². The molecule has 4 nitrogen and oxygen atoms in total. The summed E-state index contributed by atoms with van der Waals surface area (Å²) in [5, 5.41) is 9.63. The number of nitrogens with zero attached hydrogens (tertiary/aromatic N) is 1. The van der Waals surface area contributed by atoms with Gasteiger partial charge in [0.1, 0.15) is 0 Å². The Balaban J connectivity index is 1.92. The lowest BCUT2D eigenvalue weighted by atomic mass is 9.95. The molecule has 0 unspecified atom stereocenters. The molecule has 80 valence electrons. The summed E-state index contributed by atoms with van der Waals surface area (Å²) in [5.41, 5.74) is 5.87. The molecular formula is C10H18N2O2. The van der Waals surface area contributed by atoms with E-state index in [4.69, 9.17) is 5.73 Å². The maximum atomic E-state index is 11.7. The van der Waals surface area contributed by atoms with E-state index in [1.165, 1.54) is 0 Å². The number of carbonyl (C=O) groups is 1. The second-order valence-electron chi connectivity index (χ2n) is 4.37. The molecule has 1 aliphatic carbocycles. The van der Waals surface area contributed by atoms with Gasteiger partial charge in [-0.05, 0) is 19.3 Å². The average Bonchev–Trinajstić information content (AvgIpc) is 2.47. The van der Waals surface area contributed by atoms with Gasteiger partial charge in [-0.15, -0.1) is 0 Å². The van der Waals surface area contributed by atoms with E-state index in [1.54, 1.807) is 4.90 Å². The van der Waals surface area contributed by atoms with E-state index in [-0.39, 0.29) is 17.9 Å². The second kappa shape index (κ2) is 3.87. The van der Waals surface area contributed by atoms with Crippen molar-refractivity contribution < 1.29 is 9.90 Å².